The van der Waals surface area contributed by atoms with E-state index in [-0.39, 0.29) is 18.3 Å². The number of amides is 1. The van der Waals surface area contributed by atoms with Crippen molar-refractivity contribution >= 4 is 52.5 Å². The van der Waals surface area contributed by atoms with Crippen molar-refractivity contribution in [2.45, 2.75) is 12.8 Å². The molecule has 0 bridgehead atoms. The smallest absolute Gasteiger partial charge is 0.253 e. The van der Waals surface area contributed by atoms with Crippen LogP contribution in [-0.4, -0.2) is 37.5 Å². The number of nitrogens with one attached hydrogen (secondary N) is 1. The number of halogens is 3. The molecule has 112 valence electrons. The molecule has 0 radical (unpaired) electrons. The third kappa shape index (κ3) is 4.48. The van der Waals surface area contributed by atoms with Gasteiger partial charge in [-0.05, 0) is 73.1 Å². The van der Waals surface area contributed by atoms with Gasteiger partial charge in [0.2, 0.25) is 0 Å². The maximum Gasteiger partial charge on any atom is 0.253 e. The molecule has 20 heavy (non-hydrogen) atoms. The van der Waals surface area contributed by atoms with Crippen molar-refractivity contribution < 1.29 is 4.79 Å². The standard InChI is InChI=1S/C14H18ClIN2O.ClH/c1-17-8-10-3-2-6-18(9-10)14(19)11-4-5-12(15)13(16)7-11;/h4-5,7,10,17H,2-3,6,8-9H2,1H3;1H. The lowest BCUT2D eigenvalue weighted by Crippen LogP contribution is -2.42. The maximum atomic E-state index is 12.5. The second-order valence-electron chi connectivity index (χ2n) is 4.95. The van der Waals surface area contributed by atoms with Gasteiger partial charge in [-0.25, -0.2) is 0 Å². The lowest BCUT2D eigenvalue weighted by Gasteiger charge is -2.32. The predicted molar refractivity (Wildman–Crippen MR) is 94.0 cm³/mol. The van der Waals surface area contributed by atoms with Crippen LogP contribution in [0.2, 0.25) is 5.02 Å². The first-order valence-electron chi connectivity index (χ1n) is 6.50. The van der Waals surface area contributed by atoms with Gasteiger partial charge in [-0.1, -0.05) is 11.6 Å². The molecule has 6 heteroatoms. The Hall–Kier alpha value is -0.0400. The molecule has 1 aliphatic rings. The summed E-state index contributed by atoms with van der Waals surface area (Å²) in [5, 5.41) is 3.89. The molecule has 0 aliphatic carbocycles. The van der Waals surface area contributed by atoms with Gasteiger partial charge in [0.1, 0.15) is 0 Å². The fourth-order valence-corrected chi connectivity index (χ4v) is 3.15. The molecule has 1 fully saturated rings. The SMILES string of the molecule is CNCC1CCCN(C(=O)c2ccc(Cl)c(I)c2)C1.Cl. The Balaban J connectivity index is 0.00000200. The van der Waals surface area contributed by atoms with Crippen LogP contribution in [0, 0.1) is 9.49 Å². The van der Waals surface area contributed by atoms with E-state index in [9.17, 15) is 4.79 Å². The number of carbonyl (C=O) groups excluding carboxylic acids is 1. The zero-order valence-electron chi connectivity index (χ0n) is 11.4. The highest BCUT2D eigenvalue weighted by molar-refractivity contribution is 14.1. The molecule has 0 aromatic heterocycles. The third-order valence-corrected chi connectivity index (χ3v) is 5.01. The number of nitrogens with zero attached hydrogens (tertiary/aromatic N) is 1. The topological polar surface area (TPSA) is 32.3 Å². The van der Waals surface area contributed by atoms with Crippen molar-refractivity contribution in [2.24, 2.45) is 5.92 Å². The van der Waals surface area contributed by atoms with E-state index in [1.54, 1.807) is 6.07 Å². The van der Waals surface area contributed by atoms with E-state index in [4.69, 9.17) is 11.6 Å². The molecule has 1 atom stereocenters. The minimum absolute atomic E-state index is 0. The van der Waals surface area contributed by atoms with Crippen LogP contribution in [0.4, 0.5) is 0 Å². The van der Waals surface area contributed by atoms with Crippen molar-refractivity contribution in [3.8, 4) is 0 Å². The van der Waals surface area contributed by atoms with Gasteiger partial charge in [-0.3, -0.25) is 4.79 Å². The number of carbonyl (C=O) groups is 1. The lowest BCUT2D eigenvalue weighted by atomic mass is 9.97. The highest BCUT2D eigenvalue weighted by Gasteiger charge is 2.24. The Kier molecular flexibility index (Phi) is 7.58. The number of benzene rings is 1. The van der Waals surface area contributed by atoms with Crippen LogP contribution in [-0.2, 0) is 0 Å². The average molecular weight is 429 g/mol. The van der Waals surface area contributed by atoms with Crippen LogP contribution < -0.4 is 5.32 Å². The molecule has 1 aliphatic heterocycles. The molecule has 1 heterocycles. The molecule has 2 rings (SSSR count). The van der Waals surface area contributed by atoms with Crippen molar-refractivity contribution in [3.63, 3.8) is 0 Å². The highest BCUT2D eigenvalue weighted by Crippen LogP contribution is 2.22. The zero-order chi connectivity index (χ0) is 13.8. The molecule has 1 aromatic rings. The second kappa shape index (κ2) is 8.41. The molecule has 1 aromatic carbocycles. The molecular weight excluding hydrogens is 410 g/mol. The van der Waals surface area contributed by atoms with E-state index >= 15 is 0 Å². The van der Waals surface area contributed by atoms with Crippen LogP contribution in [0.1, 0.15) is 23.2 Å². The van der Waals surface area contributed by atoms with Crippen LogP contribution in [0.5, 0.6) is 0 Å². The summed E-state index contributed by atoms with van der Waals surface area (Å²) in [5.41, 5.74) is 0.735. The monoisotopic (exact) mass is 428 g/mol. The van der Waals surface area contributed by atoms with E-state index in [2.05, 4.69) is 27.9 Å². The van der Waals surface area contributed by atoms with Gasteiger partial charge < -0.3 is 10.2 Å². The van der Waals surface area contributed by atoms with Gasteiger partial charge in [0, 0.05) is 22.2 Å². The zero-order valence-corrected chi connectivity index (χ0v) is 15.1. The third-order valence-electron chi connectivity index (χ3n) is 3.47. The van der Waals surface area contributed by atoms with Crippen LogP contribution >= 0.6 is 46.6 Å². The number of likely N-dealkylation sites (tertiary alicyclic amines) is 1. The molecule has 0 saturated carbocycles. The molecule has 1 unspecified atom stereocenters. The minimum Gasteiger partial charge on any atom is -0.338 e. The first kappa shape index (κ1) is 18.0. The van der Waals surface area contributed by atoms with E-state index < -0.39 is 0 Å². The quantitative estimate of drug-likeness (QED) is 0.748. The van der Waals surface area contributed by atoms with Crippen LogP contribution in [0.25, 0.3) is 0 Å². The largest absolute Gasteiger partial charge is 0.338 e. The summed E-state index contributed by atoms with van der Waals surface area (Å²) in [5.74, 6) is 0.685. The molecular formula is C14H19Cl2IN2O. The predicted octanol–water partition coefficient (Wildman–Crippen LogP) is 3.44. The van der Waals surface area contributed by atoms with Gasteiger partial charge in [0.25, 0.3) is 5.91 Å². The Bertz CT molecular complexity index is 468. The summed E-state index contributed by atoms with van der Waals surface area (Å²) in [4.78, 5) is 14.4. The Morgan fingerprint density at radius 3 is 2.95 bits per heavy atom. The van der Waals surface area contributed by atoms with Crippen molar-refractivity contribution in [1.29, 1.82) is 0 Å². The summed E-state index contributed by atoms with van der Waals surface area (Å²) in [6.45, 7) is 2.68. The molecule has 1 N–H and O–H groups in total. The molecule has 0 spiro atoms. The second-order valence-corrected chi connectivity index (χ2v) is 6.52. The van der Waals surface area contributed by atoms with Gasteiger partial charge in [-0.2, -0.15) is 0 Å². The fourth-order valence-electron chi connectivity index (χ4n) is 2.52. The van der Waals surface area contributed by atoms with Crippen molar-refractivity contribution in [1.82, 2.24) is 10.2 Å². The highest BCUT2D eigenvalue weighted by atomic mass is 127. The van der Waals surface area contributed by atoms with Crippen LogP contribution in [0.3, 0.4) is 0 Å². The Morgan fingerprint density at radius 1 is 1.55 bits per heavy atom. The number of rotatable bonds is 3. The average Bonchev–Trinajstić information content (AvgIpc) is 2.42. The number of piperidine rings is 1. The lowest BCUT2D eigenvalue weighted by molar-refractivity contribution is 0.0674. The first-order valence-corrected chi connectivity index (χ1v) is 7.96. The summed E-state index contributed by atoms with van der Waals surface area (Å²) in [7, 11) is 1.96. The minimum atomic E-state index is 0. The van der Waals surface area contributed by atoms with Crippen LogP contribution in [0.15, 0.2) is 18.2 Å². The molecule has 1 amide bonds. The van der Waals surface area contributed by atoms with Gasteiger partial charge >= 0.3 is 0 Å². The molecule has 3 nitrogen and oxygen atoms in total. The van der Waals surface area contributed by atoms with E-state index in [0.29, 0.717) is 10.9 Å². The summed E-state index contributed by atoms with van der Waals surface area (Å²) < 4.78 is 0.925. The Morgan fingerprint density at radius 2 is 2.30 bits per heavy atom. The van der Waals surface area contributed by atoms with E-state index in [1.165, 1.54) is 6.42 Å². The normalized spacial score (nSPS) is 18.6. The van der Waals surface area contributed by atoms with Gasteiger partial charge in [0.15, 0.2) is 0 Å². The van der Waals surface area contributed by atoms with Gasteiger partial charge in [-0.15, -0.1) is 12.4 Å². The fraction of sp³-hybridized carbons (Fsp3) is 0.500. The molecule has 1 saturated heterocycles. The van der Waals surface area contributed by atoms with E-state index in [1.807, 2.05) is 24.1 Å². The van der Waals surface area contributed by atoms with Crippen molar-refractivity contribution in [3.05, 3.63) is 32.4 Å². The van der Waals surface area contributed by atoms with E-state index in [0.717, 1.165) is 35.2 Å². The van der Waals surface area contributed by atoms with Gasteiger partial charge in [0.05, 0.1) is 5.02 Å². The Labute approximate surface area is 145 Å². The first-order chi connectivity index (χ1) is 9.11. The number of hydrogen-bond acceptors (Lipinski definition) is 2. The summed E-state index contributed by atoms with van der Waals surface area (Å²) >= 11 is 8.15. The number of hydrogen-bond donors (Lipinski definition) is 1. The summed E-state index contributed by atoms with van der Waals surface area (Å²) in [6.07, 6.45) is 2.28. The van der Waals surface area contributed by atoms with Crippen molar-refractivity contribution in [2.75, 3.05) is 26.7 Å². The summed E-state index contributed by atoms with van der Waals surface area (Å²) in [6, 6.07) is 5.48. The maximum absolute atomic E-state index is 12.5.